The van der Waals surface area contributed by atoms with Crippen molar-refractivity contribution in [3.05, 3.63) is 90.5 Å². The molecule has 0 bridgehead atoms. The van der Waals surface area contributed by atoms with E-state index in [1.54, 1.807) is 4.90 Å². The van der Waals surface area contributed by atoms with Gasteiger partial charge in [-0.15, -0.1) is 0 Å². The molecule has 26 heavy (non-hydrogen) atoms. The summed E-state index contributed by atoms with van der Waals surface area (Å²) >= 11 is 0. The summed E-state index contributed by atoms with van der Waals surface area (Å²) in [5.74, 6) is 1.34. The van der Waals surface area contributed by atoms with Crippen molar-refractivity contribution < 1.29 is 9.53 Å². The molecular formula is C22H22N2O2. The number of carbonyl (C=O) groups is 1. The molecule has 0 saturated heterocycles. The third-order valence-electron chi connectivity index (χ3n) is 3.98. The van der Waals surface area contributed by atoms with Crippen molar-refractivity contribution in [3.8, 4) is 11.5 Å². The summed E-state index contributed by atoms with van der Waals surface area (Å²) in [7, 11) is 0. The predicted molar refractivity (Wildman–Crippen MR) is 105 cm³/mol. The molecule has 0 spiro atoms. The van der Waals surface area contributed by atoms with Gasteiger partial charge in [0.2, 0.25) is 0 Å². The molecule has 0 aliphatic heterocycles. The molecule has 0 atom stereocenters. The normalized spacial score (nSPS) is 10.2. The van der Waals surface area contributed by atoms with Crippen molar-refractivity contribution >= 4 is 11.7 Å². The number of ether oxygens (including phenoxy) is 1. The molecule has 0 aliphatic rings. The molecule has 0 aliphatic carbocycles. The molecule has 0 unspecified atom stereocenters. The number of hydrogen-bond acceptors (Lipinski definition) is 2. The van der Waals surface area contributed by atoms with Gasteiger partial charge in [-0.3, -0.25) is 0 Å². The van der Waals surface area contributed by atoms with Gasteiger partial charge in [-0.05, 0) is 36.8 Å². The van der Waals surface area contributed by atoms with Crippen LogP contribution in [0.25, 0.3) is 0 Å². The third-order valence-corrected chi connectivity index (χ3v) is 3.98. The Kier molecular flexibility index (Phi) is 5.88. The van der Waals surface area contributed by atoms with E-state index in [4.69, 9.17) is 4.74 Å². The lowest BCUT2D eigenvalue weighted by Gasteiger charge is -2.22. The SMILES string of the molecule is CCN(Cc1ccccc1)C(=O)Nc1ccccc1Oc1ccccc1. The minimum absolute atomic E-state index is 0.152. The smallest absolute Gasteiger partial charge is 0.322 e. The van der Waals surface area contributed by atoms with E-state index in [9.17, 15) is 4.79 Å². The monoisotopic (exact) mass is 346 g/mol. The van der Waals surface area contributed by atoms with Gasteiger partial charge in [0.15, 0.2) is 5.75 Å². The second-order valence-corrected chi connectivity index (χ2v) is 5.84. The van der Waals surface area contributed by atoms with Gasteiger partial charge >= 0.3 is 6.03 Å². The molecule has 0 aromatic heterocycles. The zero-order valence-electron chi connectivity index (χ0n) is 14.8. The Labute approximate surface area is 154 Å². The Bertz CT molecular complexity index is 835. The Morgan fingerprint density at radius 2 is 1.50 bits per heavy atom. The number of nitrogens with one attached hydrogen (secondary N) is 1. The number of para-hydroxylation sites is 3. The van der Waals surface area contributed by atoms with E-state index in [1.165, 1.54) is 0 Å². The van der Waals surface area contributed by atoms with Crippen LogP contribution in [0.4, 0.5) is 10.5 Å². The zero-order valence-corrected chi connectivity index (χ0v) is 14.8. The van der Waals surface area contributed by atoms with Crippen LogP contribution >= 0.6 is 0 Å². The zero-order chi connectivity index (χ0) is 18.2. The molecule has 0 saturated carbocycles. The topological polar surface area (TPSA) is 41.6 Å². The molecule has 132 valence electrons. The first kappa shape index (κ1) is 17.5. The minimum Gasteiger partial charge on any atom is -0.455 e. The lowest BCUT2D eigenvalue weighted by molar-refractivity contribution is 0.212. The Balaban J connectivity index is 1.72. The van der Waals surface area contributed by atoms with Gasteiger partial charge in [0.25, 0.3) is 0 Å². The van der Waals surface area contributed by atoms with Crippen LogP contribution < -0.4 is 10.1 Å². The fraction of sp³-hybridized carbons (Fsp3) is 0.136. The maximum Gasteiger partial charge on any atom is 0.322 e. The minimum atomic E-state index is -0.152. The van der Waals surface area contributed by atoms with E-state index < -0.39 is 0 Å². The molecule has 3 aromatic rings. The van der Waals surface area contributed by atoms with Crippen molar-refractivity contribution in [2.24, 2.45) is 0 Å². The van der Waals surface area contributed by atoms with Crippen molar-refractivity contribution in [1.29, 1.82) is 0 Å². The quantitative estimate of drug-likeness (QED) is 0.637. The number of amides is 2. The maximum absolute atomic E-state index is 12.7. The fourth-order valence-electron chi connectivity index (χ4n) is 2.60. The predicted octanol–water partition coefficient (Wildman–Crippen LogP) is 5.53. The summed E-state index contributed by atoms with van der Waals surface area (Å²) in [5.41, 5.74) is 1.74. The van der Waals surface area contributed by atoms with Crippen molar-refractivity contribution in [3.63, 3.8) is 0 Å². The van der Waals surface area contributed by atoms with Crippen LogP contribution in [0.5, 0.6) is 11.5 Å². The fourth-order valence-corrected chi connectivity index (χ4v) is 2.60. The second kappa shape index (κ2) is 8.72. The number of nitrogens with zero attached hydrogens (tertiary/aromatic N) is 1. The summed E-state index contributed by atoms with van der Waals surface area (Å²) in [6.07, 6.45) is 0. The molecule has 2 amide bonds. The summed E-state index contributed by atoms with van der Waals surface area (Å²) in [5, 5.41) is 2.96. The van der Waals surface area contributed by atoms with Crippen LogP contribution in [0.2, 0.25) is 0 Å². The average molecular weight is 346 g/mol. The van der Waals surface area contributed by atoms with Gasteiger partial charge < -0.3 is 15.0 Å². The van der Waals surface area contributed by atoms with Gasteiger partial charge in [0, 0.05) is 13.1 Å². The number of anilines is 1. The first-order chi connectivity index (χ1) is 12.8. The highest BCUT2D eigenvalue weighted by Gasteiger charge is 2.14. The molecular weight excluding hydrogens is 324 g/mol. The van der Waals surface area contributed by atoms with Crippen LogP contribution in [-0.4, -0.2) is 17.5 Å². The highest BCUT2D eigenvalue weighted by atomic mass is 16.5. The Morgan fingerprint density at radius 3 is 2.19 bits per heavy atom. The van der Waals surface area contributed by atoms with E-state index in [2.05, 4.69) is 5.32 Å². The van der Waals surface area contributed by atoms with Gasteiger partial charge in [-0.2, -0.15) is 0 Å². The van der Waals surface area contributed by atoms with Crippen LogP contribution in [0.15, 0.2) is 84.9 Å². The Hall–Kier alpha value is -3.27. The van der Waals surface area contributed by atoms with Gasteiger partial charge in [-0.25, -0.2) is 4.79 Å². The molecule has 4 heteroatoms. The molecule has 4 nitrogen and oxygen atoms in total. The lowest BCUT2D eigenvalue weighted by atomic mass is 10.2. The Morgan fingerprint density at radius 1 is 0.885 bits per heavy atom. The highest BCUT2D eigenvalue weighted by molar-refractivity contribution is 5.91. The first-order valence-electron chi connectivity index (χ1n) is 8.68. The maximum atomic E-state index is 12.7. The van der Waals surface area contributed by atoms with E-state index in [-0.39, 0.29) is 6.03 Å². The van der Waals surface area contributed by atoms with Crippen LogP contribution in [-0.2, 0) is 6.54 Å². The van der Waals surface area contributed by atoms with Crippen LogP contribution in [0, 0.1) is 0 Å². The summed E-state index contributed by atoms with van der Waals surface area (Å²) in [6.45, 7) is 3.14. The standard InChI is InChI=1S/C22H22N2O2/c1-2-24(17-18-11-5-3-6-12-18)22(25)23-20-15-9-10-16-21(20)26-19-13-7-4-8-14-19/h3-16H,2,17H2,1H3,(H,23,25). The molecule has 3 rings (SSSR count). The van der Waals surface area contributed by atoms with Gasteiger partial charge in [0.05, 0.1) is 5.69 Å². The highest BCUT2D eigenvalue weighted by Crippen LogP contribution is 2.29. The summed E-state index contributed by atoms with van der Waals surface area (Å²) in [6, 6.07) is 26.8. The number of rotatable bonds is 6. The summed E-state index contributed by atoms with van der Waals surface area (Å²) < 4.78 is 5.91. The van der Waals surface area contributed by atoms with E-state index in [0.717, 1.165) is 11.3 Å². The number of carbonyl (C=O) groups excluding carboxylic acids is 1. The average Bonchev–Trinajstić information content (AvgIpc) is 2.69. The largest absolute Gasteiger partial charge is 0.455 e. The molecule has 0 radical (unpaired) electrons. The van der Waals surface area contributed by atoms with Crippen molar-refractivity contribution in [2.75, 3.05) is 11.9 Å². The second-order valence-electron chi connectivity index (χ2n) is 5.84. The van der Waals surface area contributed by atoms with Crippen LogP contribution in [0.1, 0.15) is 12.5 Å². The number of hydrogen-bond donors (Lipinski definition) is 1. The van der Waals surface area contributed by atoms with E-state index in [0.29, 0.717) is 24.5 Å². The van der Waals surface area contributed by atoms with Crippen molar-refractivity contribution in [1.82, 2.24) is 4.90 Å². The van der Waals surface area contributed by atoms with Crippen molar-refractivity contribution in [2.45, 2.75) is 13.5 Å². The third kappa shape index (κ3) is 4.63. The van der Waals surface area contributed by atoms with Gasteiger partial charge in [-0.1, -0.05) is 60.7 Å². The van der Waals surface area contributed by atoms with E-state index >= 15 is 0 Å². The number of benzene rings is 3. The van der Waals surface area contributed by atoms with E-state index in [1.807, 2.05) is 91.9 Å². The molecule has 0 heterocycles. The molecule has 1 N–H and O–H groups in total. The lowest BCUT2D eigenvalue weighted by Crippen LogP contribution is -2.34. The van der Waals surface area contributed by atoms with Crippen LogP contribution in [0.3, 0.4) is 0 Å². The van der Waals surface area contributed by atoms with Gasteiger partial charge in [0.1, 0.15) is 5.75 Å². The molecule has 3 aromatic carbocycles. The number of urea groups is 1. The first-order valence-corrected chi connectivity index (χ1v) is 8.68. The molecule has 0 fully saturated rings. The summed E-state index contributed by atoms with van der Waals surface area (Å²) in [4.78, 5) is 14.5.